The van der Waals surface area contributed by atoms with Crippen LogP contribution in [-0.4, -0.2) is 26.3 Å². The van der Waals surface area contributed by atoms with Crippen molar-refractivity contribution in [3.63, 3.8) is 0 Å². The van der Waals surface area contributed by atoms with Crippen LogP contribution in [0.15, 0.2) is 18.2 Å². The molecule has 1 saturated carbocycles. The maximum atomic E-state index is 5.92. The molecule has 1 N–H and O–H groups in total. The lowest BCUT2D eigenvalue weighted by Gasteiger charge is -2.23. The molecule has 0 unspecified atom stereocenters. The summed E-state index contributed by atoms with van der Waals surface area (Å²) >= 11 is 0. The summed E-state index contributed by atoms with van der Waals surface area (Å²) in [5.74, 6) is 1.85. The highest BCUT2D eigenvalue weighted by Crippen LogP contribution is 2.34. The van der Waals surface area contributed by atoms with Crippen LogP contribution in [0.5, 0.6) is 11.5 Å². The van der Waals surface area contributed by atoms with Gasteiger partial charge in [-0.1, -0.05) is 20.8 Å². The zero-order valence-corrected chi connectivity index (χ0v) is 12.5. The molecule has 0 amide bonds. The molecule has 19 heavy (non-hydrogen) atoms. The van der Waals surface area contributed by atoms with E-state index in [0.717, 1.165) is 24.1 Å². The van der Waals surface area contributed by atoms with Crippen molar-refractivity contribution in [3.8, 4) is 11.5 Å². The van der Waals surface area contributed by atoms with Gasteiger partial charge in [0.05, 0.1) is 7.11 Å². The second-order valence-corrected chi connectivity index (χ2v) is 6.19. The summed E-state index contributed by atoms with van der Waals surface area (Å²) in [4.78, 5) is 0. The minimum absolute atomic E-state index is 0.0494. The van der Waals surface area contributed by atoms with E-state index < -0.39 is 0 Å². The van der Waals surface area contributed by atoms with E-state index in [0.29, 0.717) is 6.61 Å². The first kappa shape index (κ1) is 14.2. The van der Waals surface area contributed by atoms with Gasteiger partial charge >= 0.3 is 0 Å². The highest BCUT2D eigenvalue weighted by Gasteiger charge is 2.21. The Labute approximate surface area is 116 Å². The molecule has 0 spiro atoms. The molecule has 1 fully saturated rings. The summed E-state index contributed by atoms with van der Waals surface area (Å²) in [6.07, 6.45) is 2.63. The molecule has 1 aliphatic rings. The van der Waals surface area contributed by atoms with Crippen LogP contribution in [0.25, 0.3) is 0 Å². The minimum atomic E-state index is 0.0494. The zero-order valence-electron chi connectivity index (χ0n) is 12.5. The molecule has 106 valence electrons. The number of benzene rings is 1. The van der Waals surface area contributed by atoms with E-state index in [2.05, 4.69) is 32.2 Å². The van der Waals surface area contributed by atoms with Crippen LogP contribution in [-0.2, 0) is 5.41 Å². The van der Waals surface area contributed by atoms with Gasteiger partial charge < -0.3 is 14.8 Å². The van der Waals surface area contributed by atoms with E-state index in [4.69, 9.17) is 9.47 Å². The molecular weight excluding hydrogens is 238 g/mol. The van der Waals surface area contributed by atoms with Gasteiger partial charge in [0, 0.05) is 18.2 Å². The van der Waals surface area contributed by atoms with Gasteiger partial charge in [0.25, 0.3) is 0 Å². The van der Waals surface area contributed by atoms with Gasteiger partial charge in [-0.2, -0.15) is 0 Å². The molecule has 0 atom stereocenters. The van der Waals surface area contributed by atoms with Crippen LogP contribution in [0.3, 0.4) is 0 Å². The van der Waals surface area contributed by atoms with E-state index in [-0.39, 0.29) is 5.41 Å². The second kappa shape index (κ2) is 5.83. The Kier molecular flexibility index (Phi) is 4.35. The Balaban J connectivity index is 2.00. The Bertz CT molecular complexity index is 419. The number of methoxy groups -OCH3 is 1. The van der Waals surface area contributed by atoms with Crippen LogP contribution in [0.1, 0.15) is 39.2 Å². The predicted octanol–water partition coefficient (Wildman–Crippen LogP) is 3.12. The van der Waals surface area contributed by atoms with Gasteiger partial charge in [-0.3, -0.25) is 0 Å². The fraction of sp³-hybridized carbons (Fsp3) is 0.625. The van der Waals surface area contributed by atoms with Crippen molar-refractivity contribution >= 4 is 0 Å². The maximum Gasteiger partial charge on any atom is 0.123 e. The molecule has 0 aliphatic heterocycles. The van der Waals surface area contributed by atoms with Crippen molar-refractivity contribution < 1.29 is 9.47 Å². The first-order valence-corrected chi connectivity index (χ1v) is 7.05. The van der Waals surface area contributed by atoms with Gasteiger partial charge in [0.1, 0.15) is 18.1 Å². The average Bonchev–Trinajstić information content (AvgIpc) is 3.17. The van der Waals surface area contributed by atoms with Crippen molar-refractivity contribution in [1.29, 1.82) is 0 Å². The summed E-state index contributed by atoms with van der Waals surface area (Å²) < 4.78 is 11.2. The molecule has 0 radical (unpaired) electrons. The van der Waals surface area contributed by atoms with E-state index in [1.54, 1.807) is 7.11 Å². The van der Waals surface area contributed by atoms with Crippen LogP contribution in [0.2, 0.25) is 0 Å². The lowest BCUT2D eigenvalue weighted by molar-refractivity contribution is 0.304. The van der Waals surface area contributed by atoms with Crippen LogP contribution in [0.4, 0.5) is 0 Å². The smallest absolute Gasteiger partial charge is 0.123 e. The summed E-state index contributed by atoms with van der Waals surface area (Å²) in [7, 11) is 1.70. The third-order valence-corrected chi connectivity index (χ3v) is 3.36. The van der Waals surface area contributed by atoms with Gasteiger partial charge in [-0.15, -0.1) is 0 Å². The Morgan fingerprint density at radius 1 is 1.26 bits per heavy atom. The average molecular weight is 263 g/mol. The van der Waals surface area contributed by atoms with Crippen molar-refractivity contribution in [2.45, 2.75) is 45.1 Å². The van der Waals surface area contributed by atoms with Crippen molar-refractivity contribution in [1.82, 2.24) is 5.32 Å². The zero-order chi connectivity index (χ0) is 13.9. The standard InChI is InChI=1S/C16H25NO2/c1-16(2,3)14-11-13(18-4)7-8-15(14)19-10-9-17-12-5-6-12/h7-8,11-12,17H,5-6,9-10H2,1-4H3. The van der Waals surface area contributed by atoms with Gasteiger partial charge in [-0.05, 0) is 36.5 Å². The Hall–Kier alpha value is -1.22. The number of hydrogen-bond donors (Lipinski definition) is 1. The van der Waals surface area contributed by atoms with Crippen LogP contribution >= 0.6 is 0 Å². The van der Waals surface area contributed by atoms with E-state index in [1.807, 2.05) is 12.1 Å². The Morgan fingerprint density at radius 3 is 2.58 bits per heavy atom. The predicted molar refractivity (Wildman–Crippen MR) is 78.2 cm³/mol. The molecule has 0 saturated heterocycles. The van der Waals surface area contributed by atoms with Gasteiger partial charge in [0.2, 0.25) is 0 Å². The summed E-state index contributed by atoms with van der Waals surface area (Å²) in [5.41, 5.74) is 1.24. The molecule has 1 aromatic rings. The molecule has 0 heterocycles. The number of hydrogen-bond acceptors (Lipinski definition) is 3. The van der Waals surface area contributed by atoms with Crippen LogP contribution < -0.4 is 14.8 Å². The SMILES string of the molecule is COc1ccc(OCCNC2CC2)c(C(C)(C)C)c1. The quantitative estimate of drug-likeness (QED) is 0.800. The Morgan fingerprint density at radius 2 is 2.00 bits per heavy atom. The highest BCUT2D eigenvalue weighted by atomic mass is 16.5. The third kappa shape index (κ3) is 4.13. The molecule has 3 nitrogen and oxygen atoms in total. The van der Waals surface area contributed by atoms with Gasteiger partial charge in [0.15, 0.2) is 0 Å². The van der Waals surface area contributed by atoms with E-state index in [9.17, 15) is 0 Å². The lowest BCUT2D eigenvalue weighted by Crippen LogP contribution is -2.23. The largest absolute Gasteiger partial charge is 0.497 e. The summed E-state index contributed by atoms with van der Waals surface area (Å²) in [6, 6.07) is 6.78. The number of ether oxygens (including phenoxy) is 2. The van der Waals surface area contributed by atoms with Crippen molar-refractivity contribution in [3.05, 3.63) is 23.8 Å². The fourth-order valence-electron chi connectivity index (χ4n) is 2.06. The highest BCUT2D eigenvalue weighted by molar-refractivity contribution is 5.44. The van der Waals surface area contributed by atoms with E-state index >= 15 is 0 Å². The number of rotatable bonds is 6. The fourth-order valence-corrected chi connectivity index (χ4v) is 2.06. The third-order valence-electron chi connectivity index (χ3n) is 3.36. The topological polar surface area (TPSA) is 30.5 Å². The van der Waals surface area contributed by atoms with E-state index in [1.165, 1.54) is 18.4 Å². The van der Waals surface area contributed by atoms with Crippen LogP contribution in [0, 0.1) is 0 Å². The number of nitrogens with one attached hydrogen (secondary N) is 1. The molecule has 2 rings (SSSR count). The first-order chi connectivity index (χ1) is 9.00. The second-order valence-electron chi connectivity index (χ2n) is 6.19. The minimum Gasteiger partial charge on any atom is -0.497 e. The molecule has 3 heteroatoms. The monoisotopic (exact) mass is 263 g/mol. The molecule has 1 aliphatic carbocycles. The van der Waals surface area contributed by atoms with Crippen molar-refractivity contribution in [2.75, 3.05) is 20.3 Å². The lowest BCUT2D eigenvalue weighted by atomic mass is 9.86. The normalized spacial score (nSPS) is 15.4. The van der Waals surface area contributed by atoms with Crippen molar-refractivity contribution in [2.24, 2.45) is 0 Å². The molecular formula is C16H25NO2. The maximum absolute atomic E-state index is 5.92. The van der Waals surface area contributed by atoms with Gasteiger partial charge in [-0.25, -0.2) is 0 Å². The molecule has 0 aromatic heterocycles. The summed E-state index contributed by atoms with van der Waals surface area (Å²) in [6.45, 7) is 8.21. The molecule has 0 bridgehead atoms. The molecule has 1 aromatic carbocycles. The first-order valence-electron chi connectivity index (χ1n) is 7.05. The summed E-state index contributed by atoms with van der Waals surface area (Å²) in [5, 5.41) is 3.46.